The van der Waals surface area contributed by atoms with E-state index in [0.29, 0.717) is 41.0 Å². The van der Waals surface area contributed by atoms with Crippen molar-refractivity contribution in [3.63, 3.8) is 0 Å². The molecule has 1 aliphatic carbocycles. The van der Waals surface area contributed by atoms with Crippen molar-refractivity contribution in [2.24, 2.45) is 5.73 Å². The van der Waals surface area contributed by atoms with E-state index in [4.69, 9.17) is 43.1 Å². The Labute approximate surface area is 223 Å². The summed E-state index contributed by atoms with van der Waals surface area (Å²) in [6.45, 7) is 4.48. The van der Waals surface area contributed by atoms with Gasteiger partial charge in [0.2, 0.25) is 0 Å². The van der Waals surface area contributed by atoms with Gasteiger partial charge in [-0.2, -0.15) is 0 Å². The number of fused-ring (bicyclic) bond motifs is 1. The lowest BCUT2D eigenvalue weighted by Crippen LogP contribution is -2.41. The van der Waals surface area contributed by atoms with Crippen LogP contribution in [-0.4, -0.2) is 53.2 Å². The molecule has 0 bridgehead atoms. The van der Waals surface area contributed by atoms with Gasteiger partial charge in [-0.1, -0.05) is 29.8 Å². The maximum Gasteiger partial charge on any atom is 0.262 e. The van der Waals surface area contributed by atoms with Gasteiger partial charge < -0.3 is 25.3 Å². The van der Waals surface area contributed by atoms with E-state index in [-0.39, 0.29) is 11.5 Å². The van der Waals surface area contributed by atoms with Crippen molar-refractivity contribution < 1.29 is 19.0 Å². The average molecular weight is 549 g/mol. The number of imidazole rings is 1. The van der Waals surface area contributed by atoms with E-state index in [9.17, 15) is 4.79 Å². The number of aromatic nitrogens is 2. The number of allylic oxidation sites excluding steroid dienone is 1. The molecule has 3 unspecified atom stereocenters. The maximum atomic E-state index is 12.2. The zero-order valence-electron chi connectivity index (χ0n) is 19.6. The molecule has 0 radical (unpaired) electrons. The molecule has 2 aromatic heterocycles. The molecule has 5 rings (SSSR count). The van der Waals surface area contributed by atoms with Gasteiger partial charge in [-0.15, -0.1) is 22.9 Å². The second-order valence-corrected chi connectivity index (χ2v) is 10.6. The number of amides is 1. The van der Waals surface area contributed by atoms with Gasteiger partial charge in [0.05, 0.1) is 28.4 Å². The van der Waals surface area contributed by atoms with E-state index in [2.05, 4.69) is 10.3 Å². The number of rotatable bonds is 8. The van der Waals surface area contributed by atoms with Gasteiger partial charge in [0.25, 0.3) is 5.91 Å². The van der Waals surface area contributed by atoms with Crippen molar-refractivity contribution in [2.75, 3.05) is 26.3 Å². The Bertz CT molecular complexity index is 1290. The van der Waals surface area contributed by atoms with Crippen LogP contribution >= 0.6 is 34.5 Å². The van der Waals surface area contributed by atoms with Gasteiger partial charge in [-0.05, 0) is 19.1 Å². The number of morpholine rings is 1. The molecule has 3 heterocycles. The average Bonchev–Trinajstić information content (AvgIpc) is 3.47. The Morgan fingerprint density at radius 2 is 2.28 bits per heavy atom. The molecule has 1 aliphatic heterocycles. The Morgan fingerprint density at radius 3 is 3.06 bits per heavy atom. The van der Waals surface area contributed by atoms with Gasteiger partial charge in [0.1, 0.15) is 46.5 Å². The molecule has 36 heavy (non-hydrogen) atoms. The number of thiophene rings is 1. The molecule has 1 amide bonds. The van der Waals surface area contributed by atoms with E-state index < -0.39 is 12.0 Å². The number of carbonyl (C=O) groups excluding carboxylic acids is 1. The lowest BCUT2D eigenvalue weighted by atomic mass is 10.1. The highest BCUT2D eigenvalue weighted by Crippen LogP contribution is 2.39. The third-order valence-corrected chi connectivity index (χ3v) is 7.88. The molecule has 1 aromatic carbocycles. The van der Waals surface area contributed by atoms with Crippen LogP contribution in [0.5, 0.6) is 11.5 Å². The van der Waals surface area contributed by atoms with E-state index in [0.717, 1.165) is 35.0 Å². The standard InChI is InChI=1S/C25H26Cl2N4O4S/c1-14(17-3-2-4-20(23(17)27)34-12-16-11-29-7-8-33-16)35-21-10-22(36-24(21)25(28)32)31-13-30-18-9-15(26)5-6-19(18)31/h2-6,10,13-16,29H,7-9,11-12H2,1H3,(H2,28,32). The molecule has 3 aromatic rings. The molecule has 0 saturated carbocycles. The number of nitrogens with two attached hydrogens (primary N) is 1. The quantitative estimate of drug-likeness (QED) is 0.405. The Balaban J connectivity index is 1.36. The first-order valence-electron chi connectivity index (χ1n) is 11.6. The first-order chi connectivity index (χ1) is 17.4. The van der Waals surface area contributed by atoms with Crippen molar-refractivity contribution in [3.8, 4) is 16.5 Å². The normalized spacial score (nSPS) is 20.1. The number of ether oxygens (including phenoxy) is 3. The third-order valence-electron chi connectivity index (χ3n) is 6.05. The Morgan fingerprint density at radius 1 is 1.42 bits per heavy atom. The van der Waals surface area contributed by atoms with Gasteiger partial charge in [0.15, 0.2) is 0 Å². The minimum absolute atomic E-state index is 0.0337. The van der Waals surface area contributed by atoms with Gasteiger partial charge in [-0.3, -0.25) is 9.36 Å². The molecule has 2 aliphatic rings. The fourth-order valence-electron chi connectivity index (χ4n) is 4.21. The highest BCUT2D eigenvalue weighted by molar-refractivity contribution is 7.16. The number of nitrogens with zero attached hydrogens (tertiary/aromatic N) is 2. The smallest absolute Gasteiger partial charge is 0.262 e. The largest absolute Gasteiger partial charge is 0.489 e. The number of halogens is 2. The van der Waals surface area contributed by atoms with Crippen LogP contribution in [-0.2, 0) is 11.2 Å². The summed E-state index contributed by atoms with van der Waals surface area (Å²) in [4.78, 5) is 17.0. The van der Waals surface area contributed by atoms with Gasteiger partial charge in [0, 0.05) is 31.1 Å². The molecule has 3 atom stereocenters. The fourth-order valence-corrected chi connectivity index (χ4v) is 5.69. The van der Waals surface area contributed by atoms with Crippen LogP contribution in [0.2, 0.25) is 5.02 Å². The van der Waals surface area contributed by atoms with Crippen molar-refractivity contribution in [3.05, 3.63) is 63.5 Å². The van der Waals surface area contributed by atoms with Crippen LogP contribution < -0.4 is 20.5 Å². The van der Waals surface area contributed by atoms with E-state index in [1.165, 1.54) is 11.3 Å². The van der Waals surface area contributed by atoms with Crippen molar-refractivity contribution >= 4 is 46.5 Å². The number of alkyl halides is 1. The molecule has 190 valence electrons. The number of hydrogen-bond acceptors (Lipinski definition) is 7. The second kappa shape index (κ2) is 10.8. The van der Waals surface area contributed by atoms with Crippen LogP contribution in [0.1, 0.15) is 39.7 Å². The predicted octanol–water partition coefficient (Wildman–Crippen LogP) is 4.37. The van der Waals surface area contributed by atoms with Crippen LogP contribution in [0, 0.1) is 0 Å². The lowest BCUT2D eigenvalue weighted by Gasteiger charge is -2.24. The zero-order valence-corrected chi connectivity index (χ0v) is 21.9. The number of nitrogens with one attached hydrogen (secondary N) is 1. The second-order valence-electron chi connectivity index (χ2n) is 8.60. The number of benzene rings is 1. The molecule has 11 heteroatoms. The fraction of sp³-hybridized carbons (Fsp3) is 0.360. The van der Waals surface area contributed by atoms with Crippen LogP contribution in [0.25, 0.3) is 11.1 Å². The molecule has 0 spiro atoms. The summed E-state index contributed by atoms with van der Waals surface area (Å²) in [5.74, 6) is 0.369. The molecule has 1 saturated heterocycles. The maximum absolute atomic E-state index is 12.2. The lowest BCUT2D eigenvalue weighted by molar-refractivity contribution is 0.000181. The van der Waals surface area contributed by atoms with Crippen molar-refractivity contribution in [1.29, 1.82) is 0 Å². The summed E-state index contributed by atoms with van der Waals surface area (Å²) in [5.41, 5.74) is 8.25. The minimum Gasteiger partial charge on any atom is -0.489 e. The van der Waals surface area contributed by atoms with Gasteiger partial charge in [-0.25, -0.2) is 4.98 Å². The van der Waals surface area contributed by atoms with Crippen LogP contribution in [0.3, 0.4) is 0 Å². The minimum atomic E-state index is -0.567. The highest BCUT2D eigenvalue weighted by atomic mass is 35.5. The Hall–Kier alpha value is -2.56. The van der Waals surface area contributed by atoms with Crippen molar-refractivity contribution in [2.45, 2.75) is 30.9 Å². The van der Waals surface area contributed by atoms with E-state index >= 15 is 0 Å². The Kier molecular flexibility index (Phi) is 7.55. The summed E-state index contributed by atoms with van der Waals surface area (Å²) in [6.07, 6.45) is 5.73. The van der Waals surface area contributed by atoms with E-state index in [1.807, 2.05) is 41.8 Å². The SMILES string of the molecule is CC(Oc1cc(-n2cnc3c2C=CC(Cl)C3)sc1C(N)=O)c1cccc(OCC2CNCCO2)c1Cl. The summed E-state index contributed by atoms with van der Waals surface area (Å²) in [6, 6.07) is 7.34. The molecular formula is C25H26Cl2N4O4S. The summed E-state index contributed by atoms with van der Waals surface area (Å²) < 4.78 is 19.8. The number of hydrogen-bond donors (Lipinski definition) is 2. The zero-order chi connectivity index (χ0) is 25.2. The van der Waals surface area contributed by atoms with Crippen molar-refractivity contribution in [1.82, 2.24) is 14.9 Å². The molecular weight excluding hydrogens is 523 g/mol. The first-order valence-corrected chi connectivity index (χ1v) is 13.3. The van der Waals surface area contributed by atoms with E-state index in [1.54, 1.807) is 12.4 Å². The topological polar surface area (TPSA) is 101 Å². The summed E-state index contributed by atoms with van der Waals surface area (Å²) in [5, 5.41) is 4.41. The molecule has 8 nitrogen and oxygen atoms in total. The molecule has 3 N–H and O–H groups in total. The monoisotopic (exact) mass is 548 g/mol. The van der Waals surface area contributed by atoms with Crippen LogP contribution in [0.15, 0.2) is 36.7 Å². The highest BCUT2D eigenvalue weighted by Gasteiger charge is 2.24. The number of carbonyl (C=O) groups is 1. The summed E-state index contributed by atoms with van der Waals surface area (Å²) >= 11 is 14.2. The van der Waals surface area contributed by atoms with Gasteiger partial charge >= 0.3 is 0 Å². The molecule has 1 fully saturated rings. The third kappa shape index (κ3) is 5.26. The first kappa shape index (κ1) is 25.1. The summed E-state index contributed by atoms with van der Waals surface area (Å²) in [7, 11) is 0. The predicted molar refractivity (Wildman–Crippen MR) is 141 cm³/mol. The number of primary amides is 1. The van der Waals surface area contributed by atoms with Crippen LogP contribution in [0.4, 0.5) is 0 Å².